The van der Waals surface area contributed by atoms with Crippen molar-refractivity contribution in [3.8, 4) is 11.5 Å². The number of phenolic OH excluding ortho intramolecular Hbond substituents is 2. The van der Waals surface area contributed by atoms with Crippen molar-refractivity contribution >= 4 is 53.2 Å². The zero-order valence-electron chi connectivity index (χ0n) is 44.3. The lowest BCUT2D eigenvalue weighted by Gasteiger charge is -2.28. The maximum Gasteiger partial charge on any atom is 0.326 e. The molecule has 0 unspecified atom stereocenters. The second kappa shape index (κ2) is 30.0. The van der Waals surface area contributed by atoms with Gasteiger partial charge < -0.3 is 63.6 Å². The van der Waals surface area contributed by atoms with E-state index in [4.69, 9.17) is 5.73 Å². The van der Waals surface area contributed by atoms with Crippen molar-refractivity contribution in [1.82, 2.24) is 42.5 Å². The van der Waals surface area contributed by atoms with Crippen LogP contribution < -0.4 is 48.3 Å². The molecule has 0 fully saturated rings. The second-order valence-corrected chi connectivity index (χ2v) is 20.3. The van der Waals surface area contributed by atoms with Gasteiger partial charge in [-0.05, 0) is 84.4 Å². The summed E-state index contributed by atoms with van der Waals surface area (Å²) in [5, 5.41) is 50.3. The zero-order chi connectivity index (χ0) is 56.1. The summed E-state index contributed by atoms with van der Waals surface area (Å²) in [6.07, 6.45) is 0.402. The van der Waals surface area contributed by atoms with Gasteiger partial charge in [-0.15, -0.1) is 0 Å². The monoisotopic (exact) mass is 1040 g/mol. The van der Waals surface area contributed by atoms with Crippen LogP contribution in [0.3, 0.4) is 0 Å². The molecule has 0 saturated heterocycles. The lowest BCUT2D eigenvalue weighted by atomic mass is 9.99. The molecule has 75 heavy (non-hydrogen) atoms. The molecule has 21 nitrogen and oxygen atoms in total. The third kappa shape index (κ3) is 21.4. The number of phenols is 2. The molecule has 3 aromatic carbocycles. The van der Waals surface area contributed by atoms with Crippen molar-refractivity contribution < 1.29 is 58.5 Å². The van der Waals surface area contributed by atoms with Gasteiger partial charge in [-0.25, -0.2) is 4.79 Å². The minimum atomic E-state index is -1.36. The van der Waals surface area contributed by atoms with Crippen LogP contribution in [0.1, 0.15) is 91.8 Å². The van der Waals surface area contributed by atoms with Crippen molar-refractivity contribution in [3.63, 3.8) is 0 Å². The van der Waals surface area contributed by atoms with Gasteiger partial charge >= 0.3 is 5.97 Å². The molecule has 0 aliphatic rings. The third-order valence-electron chi connectivity index (χ3n) is 12.0. The van der Waals surface area contributed by atoms with E-state index in [0.717, 1.165) is 0 Å². The Morgan fingerprint density at radius 1 is 0.440 bits per heavy atom. The molecular formula is C54H77N9O12. The molecular weight excluding hydrogens is 967 g/mol. The number of hydrogen-bond acceptors (Lipinski definition) is 12. The minimum absolute atomic E-state index is 0.0155. The van der Waals surface area contributed by atoms with Crippen molar-refractivity contribution in [2.24, 2.45) is 29.4 Å². The highest BCUT2D eigenvalue weighted by molar-refractivity contribution is 5.97. The number of hydrogen-bond donors (Lipinski definition) is 12. The van der Waals surface area contributed by atoms with Crippen molar-refractivity contribution in [3.05, 3.63) is 95.6 Å². The van der Waals surface area contributed by atoms with E-state index in [1.807, 2.05) is 27.7 Å². The molecule has 0 radical (unpaired) electrons. The summed E-state index contributed by atoms with van der Waals surface area (Å²) < 4.78 is 0. The zero-order valence-corrected chi connectivity index (χ0v) is 44.3. The quantitative estimate of drug-likeness (QED) is 0.0470. The molecule has 8 atom stereocenters. The SMILES string of the molecule is CC(C)C[C@H](NC(=O)[C@@H](N)CC(C)C)C(=O)N[C@@H](Cc1ccccc1)C(=O)NCC(=O)N[C@@H](Cc1ccc(O)cc1)C(=O)N[C@@H](C)C(=O)N[C@H](C(=O)N[C@@H](Cc1ccc(O)cc1)C(=O)N[C@H](C(=O)O)C(C)C)C(C)C. The Kier molecular flexibility index (Phi) is 24.7. The smallest absolute Gasteiger partial charge is 0.326 e. The molecule has 3 aromatic rings. The first-order valence-electron chi connectivity index (χ1n) is 25.2. The van der Waals surface area contributed by atoms with Crippen LogP contribution >= 0.6 is 0 Å². The van der Waals surface area contributed by atoms with E-state index in [1.54, 1.807) is 58.0 Å². The average Bonchev–Trinajstić information content (AvgIpc) is 3.33. The molecule has 0 aromatic heterocycles. The predicted molar refractivity (Wildman–Crippen MR) is 280 cm³/mol. The number of carboxylic acids is 1. The van der Waals surface area contributed by atoms with E-state index in [2.05, 4.69) is 42.5 Å². The van der Waals surface area contributed by atoms with Crippen LogP contribution in [-0.4, -0.2) is 123 Å². The Bertz CT molecular complexity index is 2400. The van der Waals surface area contributed by atoms with Crippen LogP contribution in [0.5, 0.6) is 11.5 Å². The number of nitrogens with two attached hydrogens (primary N) is 1. The largest absolute Gasteiger partial charge is 0.508 e. The van der Waals surface area contributed by atoms with Crippen molar-refractivity contribution in [2.75, 3.05) is 6.54 Å². The number of aliphatic carboxylic acids is 1. The van der Waals surface area contributed by atoms with E-state index in [9.17, 15) is 58.5 Å². The molecule has 21 heteroatoms. The van der Waals surface area contributed by atoms with Crippen molar-refractivity contribution in [2.45, 2.75) is 143 Å². The van der Waals surface area contributed by atoms with E-state index >= 15 is 0 Å². The number of carbonyl (C=O) groups excluding carboxylic acids is 8. The Morgan fingerprint density at radius 3 is 1.33 bits per heavy atom. The molecule has 0 bridgehead atoms. The average molecular weight is 1040 g/mol. The third-order valence-corrected chi connectivity index (χ3v) is 12.0. The lowest BCUT2D eigenvalue weighted by molar-refractivity contribution is -0.143. The number of nitrogens with one attached hydrogen (secondary N) is 8. The van der Waals surface area contributed by atoms with Gasteiger partial charge in [0.2, 0.25) is 47.3 Å². The van der Waals surface area contributed by atoms with E-state index in [0.29, 0.717) is 23.1 Å². The standard InChI is InChI=1S/C54H77N9O12/c1-29(2)23-39(55)48(68)59-40(24-30(3)4)51(71)60-41(25-34-13-11-10-12-14-34)49(69)56-28-44(66)58-42(26-35-15-19-37(64)20-16-35)50(70)57-33(9)47(67)62-45(31(5)6)53(73)61-43(27-36-17-21-38(65)22-18-36)52(72)63-46(32(7)8)54(74)75/h10-22,29-33,39-43,45-46,64-65H,23-28,55H2,1-9H3,(H,56,69)(H,57,70)(H,58,66)(H,59,68)(H,60,71)(H,61,73)(H,62,67)(H,63,72)(H,74,75)/t33-,39-,40-,41-,42-,43-,45-,46-/m0/s1. The Hall–Kier alpha value is -7.55. The van der Waals surface area contributed by atoms with Crippen LogP contribution in [0.2, 0.25) is 0 Å². The molecule has 3 rings (SSSR count). The van der Waals surface area contributed by atoms with E-state index < -0.39 is 120 Å². The maximum atomic E-state index is 14.0. The molecule has 410 valence electrons. The first-order chi connectivity index (χ1) is 35.2. The van der Waals surface area contributed by atoms with Crippen LogP contribution in [0.25, 0.3) is 0 Å². The first-order valence-corrected chi connectivity index (χ1v) is 25.2. The fourth-order valence-corrected chi connectivity index (χ4v) is 7.84. The summed E-state index contributed by atoms with van der Waals surface area (Å²) in [5.41, 5.74) is 7.83. The summed E-state index contributed by atoms with van der Waals surface area (Å²) in [5.74, 6) is -8.31. The minimum Gasteiger partial charge on any atom is -0.508 e. The summed E-state index contributed by atoms with van der Waals surface area (Å²) in [6.45, 7) is 14.8. The van der Waals surface area contributed by atoms with E-state index in [1.165, 1.54) is 55.5 Å². The van der Waals surface area contributed by atoms with Gasteiger partial charge in [0.25, 0.3) is 0 Å². The first kappa shape index (κ1) is 61.7. The molecule has 0 aliphatic carbocycles. The number of aromatic hydroxyl groups is 2. The predicted octanol–water partition coefficient (Wildman–Crippen LogP) is 1.47. The summed E-state index contributed by atoms with van der Waals surface area (Å²) in [6, 6.07) is 10.8. The lowest BCUT2D eigenvalue weighted by Crippen LogP contribution is -2.60. The highest BCUT2D eigenvalue weighted by Crippen LogP contribution is 2.15. The maximum absolute atomic E-state index is 14.0. The normalized spacial score (nSPS) is 14.5. The van der Waals surface area contributed by atoms with Crippen LogP contribution in [0, 0.1) is 23.7 Å². The molecule has 0 spiro atoms. The molecule has 0 aliphatic heterocycles. The van der Waals surface area contributed by atoms with Gasteiger partial charge in [-0.1, -0.05) is 110 Å². The number of rotatable bonds is 29. The van der Waals surface area contributed by atoms with Gasteiger partial charge in [0.1, 0.15) is 53.8 Å². The summed E-state index contributed by atoms with van der Waals surface area (Å²) >= 11 is 0. The van der Waals surface area contributed by atoms with E-state index in [-0.39, 0.29) is 49.0 Å². The molecule has 13 N–H and O–H groups in total. The number of carbonyl (C=O) groups is 9. The van der Waals surface area contributed by atoms with Gasteiger partial charge in [-0.2, -0.15) is 0 Å². The van der Waals surface area contributed by atoms with Gasteiger partial charge in [0, 0.05) is 19.3 Å². The van der Waals surface area contributed by atoms with Gasteiger partial charge in [-0.3, -0.25) is 38.4 Å². The van der Waals surface area contributed by atoms with Gasteiger partial charge in [0.15, 0.2) is 0 Å². The van der Waals surface area contributed by atoms with Crippen LogP contribution in [0.4, 0.5) is 0 Å². The van der Waals surface area contributed by atoms with Crippen LogP contribution in [-0.2, 0) is 62.4 Å². The summed E-state index contributed by atoms with van der Waals surface area (Å²) in [7, 11) is 0. The van der Waals surface area contributed by atoms with Crippen molar-refractivity contribution in [1.29, 1.82) is 0 Å². The Labute approximate surface area is 438 Å². The van der Waals surface area contributed by atoms with Crippen LogP contribution in [0.15, 0.2) is 78.9 Å². The fraction of sp³-hybridized carbons (Fsp3) is 0.500. The number of amides is 8. The van der Waals surface area contributed by atoms with Gasteiger partial charge in [0.05, 0.1) is 12.6 Å². The molecule has 8 amide bonds. The fourth-order valence-electron chi connectivity index (χ4n) is 7.84. The molecule has 0 heterocycles. The molecule has 0 saturated carbocycles. The highest BCUT2D eigenvalue weighted by Gasteiger charge is 2.34. The Balaban J connectivity index is 1.79. The summed E-state index contributed by atoms with van der Waals surface area (Å²) in [4.78, 5) is 121. The topological polar surface area (TPSA) is 337 Å². The Morgan fingerprint density at radius 2 is 0.853 bits per heavy atom. The number of benzene rings is 3. The highest BCUT2D eigenvalue weighted by atomic mass is 16.4. The number of carboxylic acid groups (broad SMARTS) is 1. The second-order valence-electron chi connectivity index (χ2n) is 20.3.